The summed E-state index contributed by atoms with van der Waals surface area (Å²) in [6, 6.07) is 17.5. The van der Waals surface area contributed by atoms with Crippen molar-refractivity contribution in [2.75, 3.05) is 18.4 Å². The summed E-state index contributed by atoms with van der Waals surface area (Å²) in [5, 5.41) is 25.5. The Bertz CT molecular complexity index is 1000. The quantitative estimate of drug-likeness (QED) is 0.768. The first-order valence-corrected chi connectivity index (χ1v) is 9.99. The Morgan fingerprint density at radius 2 is 1.97 bits per heavy atom. The molecule has 1 saturated heterocycles. The average molecular weight is 403 g/mol. The van der Waals surface area contributed by atoms with E-state index in [-0.39, 0.29) is 5.91 Å². The molecule has 0 radical (unpaired) electrons. The first kappa shape index (κ1) is 21.3. The van der Waals surface area contributed by atoms with Crippen LogP contribution in [0.1, 0.15) is 39.2 Å². The molecule has 1 amide bonds. The molecular formula is C23H26N6O. The van der Waals surface area contributed by atoms with Crippen LogP contribution in [-0.2, 0) is 4.79 Å². The lowest BCUT2D eigenvalue weighted by Gasteiger charge is -2.40. The Balaban J connectivity index is 1.70. The molecule has 1 unspecified atom stereocenters. The van der Waals surface area contributed by atoms with Gasteiger partial charge in [-0.25, -0.2) is 4.98 Å². The number of hydrogen-bond acceptors (Lipinski definition) is 6. The smallest absolute Gasteiger partial charge is 0.221 e. The van der Waals surface area contributed by atoms with Crippen LogP contribution in [0.25, 0.3) is 11.3 Å². The Hall–Kier alpha value is -3.42. The van der Waals surface area contributed by atoms with Gasteiger partial charge < -0.3 is 10.2 Å². The van der Waals surface area contributed by atoms with Crippen molar-refractivity contribution in [2.45, 2.75) is 44.8 Å². The number of rotatable bonds is 6. The highest BCUT2D eigenvalue weighted by Gasteiger charge is 2.45. The first-order chi connectivity index (χ1) is 14.3. The van der Waals surface area contributed by atoms with Crippen molar-refractivity contribution in [1.29, 1.82) is 10.5 Å². The van der Waals surface area contributed by atoms with Gasteiger partial charge in [-0.3, -0.25) is 10.1 Å². The monoisotopic (exact) mass is 402 g/mol. The predicted molar refractivity (Wildman–Crippen MR) is 115 cm³/mol. The molecule has 7 nitrogen and oxygen atoms in total. The molecule has 30 heavy (non-hydrogen) atoms. The van der Waals surface area contributed by atoms with Gasteiger partial charge in [0.15, 0.2) is 5.66 Å². The first-order valence-electron chi connectivity index (χ1n) is 9.99. The number of anilines is 1. The van der Waals surface area contributed by atoms with Crippen LogP contribution < -0.4 is 10.6 Å². The number of likely N-dealkylation sites (tertiary alicyclic amines) is 1. The average Bonchev–Trinajstić information content (AvgIpc) is 3.16. The maximum absolute atomic E-state index is 12.0. The molecule has 154 valence electrons. The number of hydrogen-bond donors (Lipinski definition) is 2. The van der Waals surface area contributed by atoms with Crippen LogP contribution >= 0.6 is 0 Å². The number of nitrogens with one attached hydrogen (secondary N) is 2. The highest BCUT2D eigenvalue weighted by molar-refractivity contribution is 5.75. The summed E-state index contributed by atoms with van der Waals surface area (Å²) in [7, 11) is 0. The van der Waals surface area contributed by atoms with E-state index in [1.807, 2.05) is 44.2 Å². The van der Waals surface area contributed by atoms with Crippen molar-refractivity contribution in [3.8, 4) is 23.4 Å². The van der Waals surface area contributed by atoms with Crippen LogP contribution in [0, 0.1) is 22.7 Å². The van der Waals surface area contributed by atoms with Gasteiger partial charge in [0.2, 0.25) is 5.91 Å². The number of nitrogens with zero attached hydrogens (tertiary/aromatic N) is 4. The Morgan fingerprint density at radius 3 is 2.60 bits per heavy atom. The van der Waals surface area contributed by atoms with Crippen molar-refractivity contribution >= 4 is 11.7 Å². The van der Waals surface area contributed by atoms with Gasteiger partial charge in [-0.15, -0.1) is 0 Å². The summed E-state index contributed by atoms with van der Waals surface area (Å²) in [6.45, 7) is 6.61. The van der Waals surface area contributed by atoms with Crippen molar-refractivity contribution in [2.24, 2.45) is 0 Å². The number of pyridine rings is 1. The third kappa shape index (κ3) is 4.59. The van der Waals surface area contributed by atoms with Crippen molar-refractivity contribution in [3.63, 3.8) is 0 Å². The normalized spacial score (nSPS) is 18.5. The van der Waals surface area contributed by atoms with Gasteiger partial charge in [0.25, 0.3) is 0 Å². The standard InChI is InChI=1S/C23H26N6O/c1-17(30)29-13-5-12-23(29,15-25)28-22(2,3)16-26-21-7-4-6-20(27-21)19-10-8-18(14-24)9-11-19/h4,6-11,28H,5,12-13,16H2,1-3H3,(H,26,27). The van der Waals surface area contributed by atoms with E-state index in [0.717, 1.165) is 17.7 Å². The molecule has 2 N–H and O–H groups in total. The van der Waals surface area contributed by atoms with Gasteiger partial charge >= 0.3 is 0 Å². The summed E-state index contributed by atoms with van der Waals surface area (Å²) in [5.74, 6) is 0.620. The molecule has 2 aromatic rings. The minimum atomic E-state index is -0.977. The SMILES string of the molecule is CC(=O)N1CCCC1(C#N)NC(C)(C)CNc1cccc(-c2ccc(C#N)cc2)n1. The summed E-state index contributed by atoms with van der Waals surface area (Å²) in [6.07, 6.45) is 1.41. The molecule has 1 atom stereocenters. The topological polar surface area (TPSA) is 105 Å². The molecule has 7 heteroatoms. The van der Waals surface area contributed by atoms with Gasteiger partial charge in [0.1, 0.15) is 11.9 Å². The Morgan fingerprint density at radius 1 is 1.23 bits per heavy atom. The van der Waals surface area contributed by atoms with Crippen molar-refractivity contribution in [3.05, 3.63) is 48.0 Å². The van der Waals surface area contributed by atoms with Crippen LogP contribution in [0.15, 0.2) is 42.5 Å². The molecule has 1 fully saturated rings. The number of carbonyl (C=O) groups excluding carboxylic acids is 1. The molecule has 0 aliphatic carbocycles. The lowest BCUT2D eigenvalue weighted by Crippen LogP contribution is -2.63. The fourth-order valence-electron chi connectivity index (χ4n) is 3.84. The van der Waals surface area contributed by atoms with E-state index in [1.165, 1.54) is 6.92 Å². The van der Waals surface area contributed by atoms with Gasteiger partial charge in [0.05, 0.1) is 17.3 Å². The van der Waals surface area contributed by atoms with Gasteiger partial charge in [-0.1, -0.05) is 18.2 Å². The fraction of sp³-hybridized carbons (Fsp3) is 0.391. The second-order valence-electron chi connectivity index (χ2n) is 8.21. The second-order valence-corrected chi connectivity index (χ2v) is 8.21. The minimum Gasteiger partial charge on any atom is -0.368 e. The van der Waals surface area contributed by atoms with E-state index in [0.29, 0.717) is 30.9 Å². The lowest BCUT2D eigenvalue weighted by molar-refractivity contribution is -0.132. The number of nitriles is 2. The molecular weight excluding hydrogens is 376 g/mol. The summed E-state index contributed by atoms with van der Waals surface area (Å²) >= 11 is 0. The third-order valence-electron chi connectivity index (χ3n) is 5.26. The van der Waals surface area contributed by atoms with Gasteiger partial charge in [-0.2, -0.15) is 10.5 Å². The summed E-state index contributed by atoms with van der Waals surface area (Å²) in [5.41, 5.74) is 0.914. The van der Waals surface area contributed by atoms with E-state index in [4.69, 9.17) is 5.26 Å². The third-order valence-corrected chi connectivity index (χ3v) is 5.26. The number of amides is 1. The molecule has 2 heterocycles. The van der Waals surface area contributed by atoms with E-state index < -0.39 is 11.2 Å². The highest BCUT2D eigenvalue weighted by atomic mass is 16.2. The van der Waals surface area contributed by atoms with Crippen LogP contribution in [0.4, 0.5) is 5.82 Å². The van der Waals surface area contributed by atoms with Crippen molar-refractivity contribution in [1.82, 2.24) is 15.2 Å². The number of aromatic nitrogens is 1. The largest absolute Gasteiger partial charge is 0.368 e. The second kappa shape index (κ2) is 8.52. The van der Waals surface area contributed by atoms with E-state index in [1.54, 1.807) is 17.0 Å². The van der Waals surface area contributed by atoms with Crippen LogP contribution in [0.3, 0.4) is 0 Å². The molecule has 3 rings (SSSR count). The Kier molecular flexibility index (Phi) is 6.05. The minimum absolute atomic E-state index is 0.0953. The molecule has 0 bridgehead atoms. The zero-order chi connectivity index (χ0) is 21.8. The molecule has 1 aliphatic rings. The van der Waals surface area contributed by atoms with Gasteiger partial charge in [-0.05, 0) is 51.0 Å². The fourth-order valence-corrected chi connectivity index (χ4v) is 3.84. The van der Waals surface area contributed by atoms with E-state index in [2.05, 4.69) is 27.8 Å². The van der Waals surface area contributed by atoms with Crippen LogP contribution in [-0.4, -0.2) is 40.1 Å². The van der Waals surface area contributed by atoms with E-state index in [9.17, 15) is 10.1 Å². The Labute approximate surface area is 177 Å². The maximum Gasteiger partial charge on any atom is 0.221 e. The van der Waals surface area contributed by atoms with E-state index >= 15 is 0 Å². The molecule has 1 aromatic carbocycles. The van der Waals surface area contributed by atoms with Crippen LogP contribution in [0.2, 0.25) is 0 Å². The number of carbonyl (C=O) groups is 1. The highest BCUT2D eigenvalue weighted by Crippen LogP contribution is 2.29. The summed E-state index contributed by atoms with van der Waals surface area (Å²) < 4.78 is 0. The van der Waals surface area contributed by atoms with Crippen molar-refractivity contribution < 1.29 is 4.79 Å². The van der Waals surface area contributed by atoms with Crippen LogP contribution in [0.5, 0.6) is 0 Å². The maximum atomic E-state index is 12.0. The molecule has 0 saturated carbocycles. The zero-order valence-electron chi connectivity index (χ0n) is 17.6. The zero-order valence-corrected chi connectivity index (χ0v) is 17.6. The molecule has 0 spiro atoms. The lowest BCUT2D eigenvalue weighted by atomic mass is 9.99. The summed E-state index contributed by atoms with van der Waals surface area (Å²) in [4.78, 5) is 18.3. The van der Waals surface area contributed by atoms with Gasteiger partial charge in [0, 0.05) is 31.1 Å². The molecule has 1 aliphatic heterocycles. The predicted octanol–water partition coefficient (Wildman–Crippen LogP) is 3.26. The molecule has 1 aromatic heterocycles. The number of benzene rings is 1.